The molecule has 0 radical (unpaired) electrons. The molecule has 5 nitrogen and oxygen atoms in total. The van der Waals surface area contributed by atoms with Crippen LogP contribution in [0.5, 0.6) is 0 Å². The molecule has 0 saturated carbocycles. The molecule has 0 atom stereocenters. The fourth-order valence-electron chi connectivity index (χ4n) is 1.83. The average Bonchev–Trinajstić information content (AvgIpc) is 2.27. The first-order valence-corrected chi connectivity index (χ1v) is 5.93. The van der Waals surface area contributed by atoms with Crippen LogP contribution in [0.4, 0.5) is 13.6 Å². The van der Waals surface area contributed by atoms with E-state index in [0.29, 0.717) is 25.9 Å². The van der Waals surface area contributed by atoms with Crippen molar-refractivity contribution >= 4 is 12.0 Å². The molecule has 1 aliphatic heterocycles. The van der Waals surface area contributed by atoms with Crippen LogP contribution in [-0.4, -0.2) is 47.6 Å². The normalized spacial score (nSPS) is 17.6. The number of carbonyl (C=O) groups excluding carboxylic acids is 1. The Morgan fingerprint density at radius 2 is 1.94 bits per heavy atom. The van der Waals surface area contributed by atoms with Gasteiger partial charge in [-0.05, 0) is 19.8 Å². The van der Waals surface area contributed by atoms with Crippen LogP contribution in [0.1, 0.15) is 26.2 Å². The maximum Gasteiger partial charge on any atom is 0.317 e. The maximum absolute atomic E-state index is 12.5. The number of likely N-dealkylation sites (tertiary alicyclic amines) is 1. The summed E-state index contributed by atoms with van der Waals surface area (Å²) >= 11 is 0. The third-order valence-electron chi connectivity index (χ3n) is 2.97. The summed E-state index contributed by atoms with van der Waals surface area (Å²) in [4.78, 5) is 23.8. The Morgan fingerprint density at radius 3 is 2.39 bits per heavy atom. The number of hydrogen-bond acceptors (Lipinski definition) is 2. The van der Waals surface area contributed by atoms with Crippen molar-refractivity contribution in [1.82, 2.24) is 10.2 Å². The lowest BCUT2D eigenvalue weighted by Crippen LogP contribution is -2.46. The van der Waals surface area contributed by atoms with Crippen molar-refractivity contribution in [2.75, 3.05) is 19.6 Å². The number of amides is 2. The minimum Gasteiger partial charge on any atom is -0.481 e. The molecule has 0 aliphatic carbocycles. The van der Waals surface area contributed by atoms with Crippen LogP contribution >= 0.6 is 0 Å². The lowest BCUT2D eigenvalue weighted by molar-refractivity contribution is -0.143. The second-order valence-electron chi connectivity index (χ2n) is 4.65. The first-order valence-electron chi connectivity index (χ1n) is 5.93. The summed E-state index contributed by atoms with van der Waals surface area (Å²) < 4.78 is 25.0. The van der Waals surface area contributed by atoms with Crippen molar-refractivity contribution in [3.63, 3.8) is 0 Å². The molecular formula is C11H18F2N2O3. The van der Waals surface area contributed by atoms with Crippen LogP contribution in [0.3, 0.4) is 0 Å². The second kappa shape index (κ2) is 5.97. The SMILES string of the molecule is CC(F)(F)CCNC(=O)N1CCC(C(=O)O)CC1. The topological polar surface area (TPSA) is 69.6 Å². The number of carboxylic acid groups (broad SMARTS) is 1. The van der Waals surface area contributed by atoms with Gasteiger partial charge in [-0.1, -0.05) is 0 Å². The lowest BCUT2D eigenvalue weighted by Gasteiger charge is -2.30. The largest absolute Gasteiger partial charge is 0.481 e. The van der Waals surface area contributed by atoms with E-state index in [1.807, 2.05) is 0 Å². The van der Waals surface area contributed by atoms with E-state index < -0.39 is 30.3 Å². The molecule has 18 heavy (non-hydrogen) atoms. The molecule has 0 aromatic rings. The van der Waals surface area contributed by atoms with E-state index in [1.54, 1.807) is 0 Å². The minimum absolute atomic E-state index is 0.0822. The predicted octanol–water partition coefficient (Wildman–Crippen LogP) is 1.54. The zero-order chi connectivity index (χ0) is 13.8. The second-order valence-corrected chi connectivity index (χ2v) is 4.65. The Hall–Kier alpha value is -1.40. The Kier molecular flexibility index (Phi) is 4.86. The van der Waals surface area contributed by atoms with Crippen molar-refractivity contribution < 1.29 is 23.5 Å². The number of nitrogens with one attached hydrogen (secondary N) is 1. The predicted molar refractivity (Wildman–Crippen MR) is 60.6 cm³/mol. The quantitative estimate of drug-likeness (QED) is 0.809. The number of rotatable bonds is 4. The molecular weight excluding hydrogens is 246 g/mol. The molecule has 1 saturated heterocycles. The maximum atomic E-state index is 12.5. The molecule has 1 aliphatic rings. The number of carboxylic acids is 1. The van der Waals surface area contributed by atoms with Gasteiger partial charge >= 0.3 is 12.0 Å². The van der Waals surface area contributed by atoms with Crippen molar-refractivity contribution in [3.05, 3.63) is 0 Å². The number of nitrogens with zero attached hydrogens (tertiary/aromatic N) is 1. The molecule has 1 fully saturated rings. The molecule has 2 N–H and O–H groups in total. The molecule has 1 heterocycles. The molecule has 0 unspecified atom stereocenters. The Bertz CT molecular complexity index is 310. The van der Waals surface area contributed by atoms with Crippen molar-refractivity contribution in [3.8, 4) is 0 Å². The van der Waals surface area contributed by atoms with E-state index in [1.165, 1.54) is 4.90 Å². The van der Waals surface area contributed by atoms with Gasteiger partial charge in [0.05, 0.1) is 5.92 Å². The summed E-state index contributed by atoms with van der Waals surface area (Å²) in [5.41, 5.74) is 0. The highest BCUT2D eigenvalue weighted by Gasteiger charge is 2.27. The highest BCUT2D eigenvalue weighted by molar-refractivity contribution is 5.75. The van der Waals surface area contributed by atoms with Gasteiger partial charge in [0.1, 0.15) is 0 Å². The lowest BCUT2D eigenvalue weighted by atomic mass is 9.97. The molecule has 7 heteroatoms. The highest BCUT2D eigenvalue weighted by atomic mass is 19.3. The van der Waals surface area contributed by atoms with E-state index in [0.717, 1.165) is 6.92 Å². The summed E-state index contributed by atoms with van der Waals surface area (Å²) in [6.45, 7) is 1.43. The first-order chi connectivity index (χ1) is 8.29. The van der Waals surface area contributed by atoms with Gasteiger partial charge < -0.3 is 15.3 Å². The van der Waals surface area contributed by atoms with Gasteiger partial charge in [-0.2, -0.15) is 0 Å². The monoisotopic (exact) mass is 264 g/mol. The van der Waals surface area contributed by atoms with Crippen molar-refractivity contribution in [1.29, 1.82) is 0 Å². The number of aliphatic carboxylic acids is 1. The van der Waals surface area contributed by atoms with Crippen molar-refractivity contribution in [2.24, 2.45) is 5.92 Å². The molecule has 0 bridgehead atoms. The summed E-state index contributed by atoms with van der Waals surface area (Å²) in [7, 11) is 0. The average molecular weight is 264 g/mol. The van der Waals surface area contributed by atoms with Crippen LogP contribution in [0.2, 0.25) is 0 Å². The van der Waals surface area contributed by atoms with Crippen LogP contribution in [-0.2, 0) is 4.79 Å². The van der Waals surface area contributed by atoms with E-state index in [4.69, 9.17) is 5.11 Å². The van der Waals surface area contributed by atoms with Gasteiger partial charge in [-0.25, -0.2) is 13.6 Å². The summed E-state index contributed by atoms with van der Waals surface area (Å²) in [6, 6.07) is -0.400. The molecule has 104 valence electrons. The van der Waals surface area contributed by atoms with Crippen LogP contribution in [0.25, 0.3) is 0 Å². The van der Waals surface area contributed by atoms with Crippen LogP contribution < -0.4 is 5.32 Å². The molecule has 2 amide bonds. The standard InChI is InChI=1S/C11H18F2N2O3/c1-11(12,13)4-5-14-10(18)15-6-2-8(3-7-15)9(16)17/h8H,2-7H2,1H3,(H,14,18)(H,16,17). The number of hydrogen-bond donors (Lipinski definition) is 2. The Labute approximate surface area is 104 Å². The van der Waals surface area contributed by atoms with Crippen molar-refractivity contribution in [2.45, 2.75) is 32.1 Å². The first kappa shape index (κ1) is 14.7. The van der Waals surface area contributed by atoms with Gasteiger partial charge in [-0.15, -0.1) is 0 Å². The third-order valence-corrected chi connectivity index (χ3v) is 2.97. The van der Waals surface area contributed by atoms with Gasteiger partial charge in [0.15, 0.2) is 0 Å². The Morgan fingerprint density at radius 1 is 1.39 bits per heavy atom. The number of piperidine rings is 1. The number of carbonyl (C=O) groups is 2. The third kappa shape index (κ3) is 4.85. The molecule has 0 aromatic heterocycles. The zero-order valence-corrected chi connectivity index (χ0v) is 10.3. The fraction of sp³-hybridized carbons (Fsp3) is 0.818. The summed E-state index contributed by atoms with van der Waals surface area (Å²) in [5.74, 6) is -4.04. The van der Waals surface area contributed by atoms with Crippen LogP contribution in [0, 0.1) is 5.92 Å². The van der Waals surface area contributed by atoms with E-state index in [2.05, 4.69) is 5.32 Å². The van der Waals surface area contributed by atoms with Crippen LogP contribution in [0.15, 0.2) is 0 Å². The van der Waals surface area contributed by atoms with Gasteiger partial charge in [-0.3, -0.25) is 4.79 Å². The minimum atomic E-state index is -2.79. The fourth-order valence-corrected chi connectivity index (χ4v) is 1.83. The summed E-state index contributed by atoms with van der Waals surface area (Å²) in [5, 5.41) is 11.2. The van der Waals surface area contributed by atoms with E-state index in [-0.39, 0.29) is 6.54 Å². The van der Waals surface area contributed by atoms with Gasteiger partial charge in [0.2, 0.25) is 5.92 Å². The molecule has 0 spiro atoms. The summed E-state index contributed by atoms with van der Waals surface area (Å²) in [6.07, 6.45) is 0.420. The number of alkyl halides is 2. The number of urea groups is 1. The van der Waals surface area contributed by atoms with Gasteiger partial charge in [0, 0.05) is 26.1 Å². The molecule has 1 rings (SSSR count). The van der Waals surface area contributed by atoms with E-state index >= 15 is 0 Å². The smallest absolute Gasteiger partial charge is 0.317 e. The molecule has 0 aromatic carbocycles. The highest BCUT2D eigenvalue weighted by Crippen LogP contribution is 2.18. The zero-order valence-electron chi connectivity index (χ0n) is 10.3. The van der Waals surface area contributed by atoms with E-state index in [9.17, 15) is 18.4 Å². The Balaban J connectivity index is 2.26. The van der Waals surface area contributed by atoms with Gasteiger partial charge in [0.25, 0.3) is 0 Å². The number of halogens is 2.